The first kappa shape index (κ1) is 15.5. The second-order valence-corrected chi connectivity index (χ2v) is 5.33. The van der Waals surface area contributed by atoms with Gasteiger partial charge in [-0.2, -0.15) is 0 Å². The van der Waals surface area contributed by atoms with Gasteiger partial charge in [0.2, 0.25) is 0 Å². The van der Waals surface area contributed by atoms with Crippen LogP contribution >= 0.6 is 11.6 Å². The standard InChI is InChI=1S/C18H17ClFN/c1-4-15(20)8-6-12(2)9-16-11-14-7-5-13(3)10-17(14)18(19)21-16/h4-8,10-11H,2,9H2,1,3H3/b8-6-,15-4+. The first-order chi connectivity index (χ1) is 9.99. The van der Waals surface area contributed by atoms with Gasteiger partial charge in [-0.25, -0.2) is 9.37 Å². The molecule has 0 aliphatic heterocycles. The van der Waals surface area contributed by atoms with E-state index in [-0.39, 0.29) is 5.83 Å². The molecular weight excluding hydrogens is 285 g/mol. The lowest BCUT2D eigenvalue weighted by Gasteiger charge is -2.06. The van der Waals surface area contributed by atoms with Gasteiger partial charge in [-0.15, -0.1) is 0 Å². The maximum Gasteiger partial charge on any atom is 0.137 e. The minimum atomic E-state index is -0.281. The average Bonchev–Trinajstić information content (AvgIpc) is 2.45. The van der Waals surface area contributed by atoms with Crippen LogP contribution in [0.25, 0.3) is 10.8 Å². The van der Waals surface area contributed by atoms with Crippen molar-refractivity contribution in [1.82, 2.24) is 4.98 Å². The van der Waals surface area contributed by atoms with E-state index in [4.69, 9.17) is 11.6 Å². The van der Waals surface area contributed by atoms with E-state index in [9.17, 15) is 4.39 Å². The Hall–Kier alpha value is -1.93. The Morgan fingerprint density at radius 2 is 2.10 bits per heavy atom. The summed E-state index contributed by atoms with van der Waals surface area (Å²) in [5, 5.41) is 2.48. The van der Waals surface area contributed by atoms with Gasteiger partial charge < -0.3 is 0 Å². The van der Waals surface area contributed by atoms with Gasteiger partial charge in [0.25, 0.3) is 0 Å². The molecule has 0 fully saturated rings. The highest BCUT2D eigenvalue weighted by atomic mass is 35.5. The molecule has 0 spiro atoms. The fourth-order valence-electron chi connectivity index (χ4n) is 2.05. The second-order valence-electron chi connectivity index (χ2n) is 4.97. The number of hydrogen-bond donors (Lipinski definition) is 0. The van der Waals surface area contributed by atoms with Gasteiger partial charge in [-0.3, -0.25) is 0 Å². The number of hydrogen-bond acceptors (Lipinski definition) is 1. The fraction of sp³-hybridized carbons (Fsp3) is 0.167. The van der Waals surface area contributed by atoms with Crippen LogP contribution in [0, 0.1) is 6.92 Å². The van der Waals surface area contributed by atoms with Crippen molar-refractivity contribution in [2.45, 2.75) is 20.3 Å². The Morgan fingerprint density at radius 3 is 2.81 bits per heavy atom. The average molecular weight is 302 g/mol. The zero-order valence-electron chi connectivity index (χ0n) is 12.2. The van der Waals surface area contributed by atoms with Crippen molar-refractivity contribution in [3.63, 3.8) is 0 Å². The Bertz CT molecular complexity index is 744. The van der Waals surface area contributed by atoms with Crippen LogP contribution in [0.15, 0.2) is 60.5 Å². The molecule has 0 saturated heterocycles. The molecule has 0 radical (unpaired) electrons. The van der Waals surface area contributed by atoms with Gasteiger partial charge >= 0.3 is 0 Å². The van der Waals surface area contributed by atoms with Crippen molar-refractivity contribution in [3.8, 4) is 0 Å². The van der Waals surface area contributed by atoms with Crippen molar-refractivity contribution in [3.05, 3.63) is 76.9 Å². The number of nitrogens with zero attached hydrogens (tertiary/aromatic N) is 1. The normalized spacial score (nSPS) is 12.3. The fourth-order valence-corrected chi connectivity index (χ4v) is 2.32. The summed E-state index contributed by atoms with van der Waals surface area (Å²) in [4.78, 5) is 4.39. The summed E-state index contributed by atoms with van der Waals surface area (Å²) < 4.78 is 13.0. The molecule has 0 N–H and O–H groups in total. The highest BCUT2D eigenvalue weighted by molar-refractivity contribution is 6.34. The van der Waals surface area contributed by atoms with Crippen molar-refractivity contribution >= 4 is 22.4 Å². The molecule has 0 aliphatic carbocycles. The minimum absolute atomic E-state index is 0.281. The van der Waals surface area contributed by atoms with Crippen molar-refractivity contribution in [2.75, 3.05) is 0 Å². The third kappa shape index (κ3) is 4.02. The summed E-state index contributed by atoms with van der Waals surface area (Å²) >= 11 is 6.24. The maximum atomic E-state index is 13.0. The molecule has 21 heavy (non-hydrogen) atoms. The molecule has 1 nitrogen and oxygen atoms in total. The number of pyridine rings is 1. The number of allylic oxidation sites excluding steroid dienone is 5. The van der Waals surface area contributed by atoms with Crippen LogP contribution in [-0.4, -0.2) is 4.98 Å². The number of aryl methyl sites for hydroxylation is 1. The third-order valence-corrected chi connectivity index (χ3v) is 3.45. The molecule has 3 heteroatoms. The molecule has 1 aromatic carbocycles. The lowest BCUT2D eigenvalue weighted by molar-refractivity contribution is 0.664. The van der Waals surface area contributed by atoms with Crippen LogP contribution in [0.4, 0.5) is 4.39 Å². The predicted molar refractivity (Wildman–Crippen MR) is 88.3 cm³/mol. The van der Waals surface area contributed by atoms with Crippen molar-refractivity contribution < 1.29 is 4.39 Å². The van der Waals surface area contributed by atoms with E-state index in [0.29, 0.717) is 11.6 Å². The molecule has 2 aromatic rings. The summed E-state index contributed by atoms with van der Waals surface area (Å²) in [7, 11) is 0. The molecule has 0 unspecified atom stereocenters. The first-order valence-electron chi connectivity index (χ1n) is 6.73. The summed E-state index contributed by atoms with van der Waals surface area (Å²) in [5.41, 5.74) is 2.75. The van der Waals surface area contributed by atoms with Crippen LogP contribution in [0.5, 0.6) is 0 Å². The summed E-state index contributed by atoms with van der Waals surface area (Å²) in [5.74, 6) is -0.281. The van der Waals surface area contributed by atoms with E-state index >= 15 is 0 Å². The van der Waals surface area contributed by atoms with Crippen LogP contribution in [0.2, 0.25) is 5.15 Å². The number of rotatable bonds is 4. The maximum absolute atomic E-state index is 13.0. The van der Waals surface area contributed by atoms with E-state index in [1.165, 1.54) is 12.2 Å². The Balaban J connectivity index is 2.25. The molecule has 0 amide bonds. The summed E-state index contributed by atoms with van der Waals surface area (Å²) in [6, 6.07) is 8.08. The number of aromatic nitrogens is 1. The molecule has 1 aromatic heterocycles. The SMILES string of the molecule is C=C(/C=C\C(F)=C/C)Cc1cc2ccc(C)cc2c(Cl)n1. The quantitative estimate of drug-likeness (QED) is 0.519. The van der Waals surface area contributed by atoms with Crippen LogP contribution in [0.1, 0.15) is 18.2 Å². The van der Waals surface area contributed by atoms with E-state index in [2.05, 4.69) is 11.6 Å². The molecule has 1 heterocycles. The molecule has 2 rings (SSSR count). The van der Waals surface area contributed by atoms with Crippen molar-refractivity contribution in [2.24, 2.45) is 0 Å². The molecular formula is C18H17ClFN. The monoisotopic (exact) mass is 301 g/mol. The lowest BCUT2D eigenvalue weighted by Crippen LogP contribution is -1.93. The Morgan fingerprint density at radius 1 is 1.33 bits per heavy atom. The largest absolute Gasteiger partial charge is 0.240 e. The van der Waals surface area contributed by atoms with Crippen LogP contribution < -0.4 is 0 Å². The first-order valence-corrected chi connectivity index (χ1v) is 7.11. The number of fused-ring (bicyclic) bond motifs is 1. The highest BCUT2D eigenvalue weighted by Gasteiger charge is 2.05. The van der Waals surface area contributed by atoms with Gasteiger partial charge in [-0.1, -0.05) is 48.0 Å². The summed E-state index contributed by atoms with van der Waals surface area (Å²) in [6.45, 7) is 7.58. The topological polar surface area (TPSA) is 12.9 Å². The molecule has 0 aliphatic rings. The van der Waals surface area contributed by atoms with Gasteiger partial charge in [0.15, 0.2) is 0 Å². The van der Waals surface area contributed by atoms with E-state index in [1.807, 2.05) is 31.2 Å². The molecule has 0 saturated carbocycles. The second kappa shape index (κ2) is 6.68. The lowest BCUT2D eigenvalue weighted by atomic mass is 10.1. The van der Waals surface area contributed by atoms with Crippen molar-refractivity contribution in [1.29, 1.82) is 0 Å². The third-order valence-electron chi connectivity index (χ3n) is 3.16. The van der Waals surface area contributed by atoms with Gasteiger partial charge in [-0.05, 0) is 43.0 Å². The molecule has 108 valence electrons. The van der Waals surface area contributed by atoms with Gasteiger partial charge in [0.1, 0.15) is 11.0 Å². The molecule has 0 atom stereocenters. The zero-order valence-corrected chi connectivity index (χ0v) is 12.9. The van der Waals surface area contributed by atoms with Crippen LogP contribution in [-0.2, 0) is 6.42 Å². The van der Waals surface area contributed by atoms with Gasteiger partial charge in [0.05, 0.1) is 0 Å². The number of halogens is 2. The smallest absolute Gasteiger partial charge is 0.137 e. The zero-order chi connectivity index (χ0) is 15.4. The summed E-state index contributed by atoms with van der Waals surface area (Å²) in [6.07, 6.45) is 4.99. The van der Waals surface area contributed by atoms with E-state index in [0.717, 1.165) is 27.6 Å². The van der Waals surface area contributed by atoms with E-state index < -0.39 is 0 Å². The highest BCUT2D eigenvalue weighted by Crippen LogP contribution is 2.24. The van der Waals surface area contributed by atoms with Crippen LogP contribution in [0.3, 0.4) is 0 Å². The Kier molecular flexibility index (Phi) is 4.92. The number of benzene rings is 1. The van der Waals surface area contributed by atoms with Gasteiger partial charge in [0, 0.05) is 17.5 Å². The minimum Gasteiger partial charge on any atom is -0.240 e. The Labute approximate surface area is 129 Å². The predicted octanol–water partition coefficient (Wildman–Crippen LogP) is 5.72. The molecule has 0 bridgehead atoms. The van der Waals surface area contributed by atoms with E-state index in [1.54, 1.807) is 13.0 Å².